The van der Waals surface area contributed by atoms with Gasteiger partial charge in [-0.1, -0.05) is 11.6 Å². The second kappa shape index (κ2) is 8.75. The van der Waals surface area contributed by atoms with Gasteiger partial charge in [-0.25, -0.2) is 14.4 Å². The zero-order valence-corrected chi connectivity index (χ0v) is 17.2. The number of nitrogens with one attached hydrogen (secondary N) is 1. The highest BCUT2D eigenvalue weighted by molar-refractivity contribution is 6.32. The van der Waals surface area contributed by atoms with Crippen LogP contribution in [0.1, 0.15) is 19.8 Å². The van der Waals surface area contributed by atoms with Crippen LogP contribution >= 0.6 is 11.6 Å². The number of halogens is 2. The Hall–Kier alpha value is -3.06. The molecule has 1 fully saturated rings. The first kappa shape index (κ1) is 20.2. The average molecular weight is 426 g/mol. The monoisotopic (exact) mass is 425 g/mol. The Kier molecular flexibility index (Phi) is 5.90. The summed E-state index contributed by atoms with van der Waals surface area (Å²) in [5.41, 5.74) is 2.90. The van der Waals surface area contributed by atoms with E-state index >= 15 is 0 Å². The van der Waals surface area contributed by atoms with E-state index in [1.165, 1.54) is 12.1 Å². The second-order valence-corrected chi connectivity index (χ2v) is 7.66. The van der Waals surface area contributed by atoms with Gasteiger partial charge in [0.25, 0.3) is 0 Å². The van der Waals surface area contributed by atoms with Gasteiger partial charge in [0.1, 0.15) is 5.82 Å². The van der Waals surface area contributed by atoms with Gasteiger partial charge in [-0.3, -0.25) is 9.78 Å². The third-order valence-electron chi connectivity index (χ3n) is 5.19. The normalized spacial score (nSPS) is 14.6. The first-order valence-corrected chi connectivity index (χ1v) is 10.1. The molecule has 0 unspecified atom stereocenters. The maximum absolute atomic E-state index is 13.2. The number of carbonyl (C=O) groups is 1. The Bertz CT molecular complexity index is 1050. The van der Waals surface area contributed by atoms with Gasteiger partial charge < -0.3 is 10.2 Å². The highest BCUT2D eigenvalue weighted by atomic mass is 35.5. The third-order valence-corrected chi connectivity index (χ3v) is 5.47. The van der Waals surface area contributed by atoms with Gasteiger partial charge in [0.2, 0.25) is 11.9 Å². The maximum Gasteiger partial charge on any atom is 0.223 e. The van der Waals surface area contributed by atoms with Gasteiger partial charge in [-0.2, -0.15) is 0 Å². The molecule has 6 nitrogen and oxygen atoms in total. The number of hydrogen-bond acceptors (Lipinski definition) is 5. The topological polar surface area (TPSA) is 71.0 Å². The van der Waals surface area contributed by atoms with Crippen LogP contribution in [0.3, 0.4) is 0 Å². The molecule has 1 N–H and O–H groups in total. The summed E-state index contributed by atoms with van der Waals surface area (Å²) in [5, 5.41) is 3.79. The molecule has 1 saturated heterocycles. The Balaban J connectivity index is 1.54. The molecule has 1 aliphatic heterocycles. The molecule has 1 aliphatic rings. The van der Waals surface area contributed by atoms with Crippen LogP contribution in [-0.2, 0) is 4.79 Å². The van der Waals surface area contributed by atoms with Crippen LogP contribution in [0.5, 0.6) is 0 Å². The molecular weight excluding hydrogens is 405 g/mol. The zero-order chi connectivity index (χ0) is 21.1. The Morgan fingerprint density at radius 3 is 2.57 bits per heavy atom. The minimum atomic E-state index is -0.293. The van der Waals surface area contributed by atoms with E-state index in [1.807, 2.05) is 17.0 Å². The lowest BCUT2D eigenvalue weighted by atomic mass is 10.1. The van der Waals surface area contributed by atoms with E-state index in [1.54, 1.807) is 31.5 Å². The van der Waals surface area contributed by atoms with E-state index in [9.17, 15) is 9.18 Å². The number of piperidine rings is 1. The number of hydrogen-bond donors (Lipinski definition) is 1. The number of nitrogens with zero attached hydrogens (tertiary/aromatic N) is 4. The number of anilines is 1. The van der Waals surface area contributed by atoms with Crippen molar-refractivity contribution in [3.05, 3.63) is 59.6 Å². The number of amides is 1. The van der Waals surface area contributed by atoms with E-state index in [0.29, 0.717) is 22.4 Å². The standard InChI is InChI=1S/C22H21ClFN5O/c1-14(30)29-10-7-18(8-11-29)27-22-26-13-19(23)21(28-22)16-6-9-25-20(12-16)15-2-4-17(24)5-3-15/h2-6,9,12-13,18H,7-8,10-11H2,1H3,(H,26,27,28). The molecule has 0 radical (unpaired) electrons. The summed E-state index contributed by atoms with van der Waals surface area (Å²) in [6, 6.07) is 10.1. The molecule has 0 saturated carbocycles. The Morgan fingerprint density at radius 1 is 1.13 bits per heavy atom. The SMILES string of the molecule is CC(=O)N1CCC(Nc2ncc(Cl)c(-c3ccnc(-c4ccc(F)cc4)c3)n2)CC1. The number of rotatable bonds is 4. The van der Waals surface area contributed by atoms with Gasteiger partial charge in [0.15, 0.2) is 0 Å². The predicted molar refractivity (Wildman–Crippen MR) is 115 cm³/mol. The molecule has 3 heterocycles. The van der Waals surface area contributed by atoms with Crippen molar-refractivity contribution in [1.29, 1.82) is 0 Å². The molecule has 154 valence electrons. The number of pyridine rings is 1. The summed E-state index contributed by atoms with van der Waals surface area (Å²) in [6.07, 6.45) is 4.93. The van der Waals surface area contributed by atoms with Crippen molar-refractivity contribution in [1.82, 2.24) is 19.9 Å². The fourth-order valence-corrected chi connectivity index (χ4v) is 3.72. The molecule has 4 rings (SSSR count). The molecular formula is C22H21ClFN5O. The van der Waals surface area contributed by atoms with E-state index in [2.05, 4.69) is 20.3 Å². The fraction of sp³-hybridized carbons (Fsp3) is 0.273. The van der Waals surface area contributed by atoms with Gasteiger partial charge in [-0.05, 0) is 49.2 Å². The maximum atomic E-state index is 13.2. The number of benzene rings is 1. The van der Waals surface area contributed by atoms with E-state index in [0.717, 1.165) is 37.1 Å². The fourth-order valence-electron chi connectivity index (χ4n) is 3.52. The smallest absolute Gasteiger partial charge is 0.223 e. The summed E-state index contributed by atoms with van der Waals surface area (Å²) in [5.74, 6) is 0.308. The molecule has 1 aromatic carbocycles. The van der Waals surface area contributed by atoms with Gasteiger partial charge in [0, 0.05) is 43.4 Å². The minimum absolute atomic E-state index is 0.105. The van der Waals surface area contributed by atoms with Gasteiger partial charge in [0.05, 0.1) is 22.6 Å². The minimum Gasteiger partial charge on any atom is -0.351 e. The van der Waals surface area contributed by atoms with Crippen LogP contribution in [0, 0.1) is 5.82 Å². The van der Waals surface area contributed by atoms with E-state index < -0.39 is 0 Å². The number of likely N-dealkylation sites (tertiary alicyclic amines) is 1. The van der Waals surface area contributed by atoms with Crippen LogP contribution in [0.2, 0.25) is 5.02 Å². The summed E-state index contributed by atoms with van der Waals surface area (Å²) in [6.45, 7) is 3.04. The van der Waals surface area contributed by atoms with Crippen molar-refractivity contribution >= 4 is 23.5 Å². The average Bonchev–Trinajstić information content (AvgIpc) is 2.76. The van der Waals surface area contributed by atoms with E-state index in [4.69, 9.17) is 11.6 Å². The molecule has 0 bridgehead atoms. The highest BCUT2D eigenvalue weighted by Crippen LogP contribution is 2.29. The quantitative estimate of drug-likeness (QED) is 0.670. The highest BCUT2D eigenvalue weighted by Gasteiger charge is 2.21. The second-order valence-electron chi connectivity index (χ2n) is 7.25. The zero-order valence-electron chi connectivity index (χ0n) is 16.5. The van der Waals surface area contributed by atoms with Crippen molar-refractivity contribution < 1.29 is 9.18 Å². The van der Waals surface area contributed by atoms with Crippen molar-refractivity contribution in [2.24, 2.45) is 0 Å². The molecule has 2 aromatic heterocycles. The molecule has 1 amide bonds. The number of aromatic nitrogens is 3. The van der Waals surface area contributed by atoms with Crippen molar-refractivity contribution in [3.8, 4) is 22.5 Å². The Labute approximate surface area is 179 Å². The third kappa shape index (κ3) is 4.57. The lowest BCUT2D eigenvalue weighted by molar-refractivity contribution is -0.129. The van der Waals surface area contributed by atoms with Crippen molar-refractivity contribution in [2.75, 3.05) is 18.4 Å². The molecule has 0 spiro atoms. The molecule has 30 heavy (non-hydrogen) atoms. The molecule has 3 aromatic rings. The first-order valence-electron chi connectivity index (χ1n) is 9.76. The van der Waals surface area contributed by atoms with E-state index in [-0.39, 0.29) is 17.8 Å². The first-order chi connectivity index (χ1) is 14.5. The largest absolute Gasteiger partial charge is 0.351 e. The summed E-state index contributed by atoms with van der Waals surface area (Å²) < 4.78 is 13.2. The van der Waals surface area contributed by atoms with Crippen LogP contribution in [0.25, 0.3) is 22.5 Å². The lowest BCUT2D eigenvalue weighted by Gasteiger charge is -2.31. The number of carbonyl (C=O) groups excluding carboxylic acids is 1. The van der Waals surface area contributed by atoms with Crippen LogP contribution in [0.4, 0.5) is 10.3 Å². The van der Waals surface area contributed by atoms with Crippen LogP contribution in [0.15, 0.2) is 48.8 Å². The van der Waals surface area contributed by atoms with Crippen LogP contribution < -0.4 is 5.32 Å². The summed E-state index contributed by atoms with van der Waals surface area (Å²) >= 11 is 6.38. The van der Waals surface area contributed by atoms with Crippen molar-refractivity contribution in [3.63, 3.8) is 0 Å². The van der Waals surface area contributed by atoms with Gasteiger partial charge >= 0.3 is 0 Å². The lowest BCUT2D eigenvalue weighted by Crippen LogP contribution is -2.41. The Morgan fingerprint density at radius 2 is 1.87 bits per heavy atom. The van der Waals surface area contributed by atoms with Crippen molar-refractivity contribution in [2.45, 2.75) is 25.8 Å². The summed E-state index contributed by atoms with van der Waals surface area (Å²) in [4.78, 5) is 26.6. The van der Waals surface area contributed by atoms with Crippen LogP contribution in [-0.4, -0.2) is 44.9 Å². The molecule has 0 atom stereocenters. The molecule has 8 heteroatoms. The molecule has 0 aliphatic carbocycles. The van der Waals surface area contributed by atoms with Gasteiger partial charge in [-0.15, -0.1) is 0 Å². The summed E-state index contributed by atoms with van der Waals surface area (Å²) in [7, 11) is 0. The predicted octanol–water partition coefficient (Wildman–Crippen LogP) is 4.42.